The molecule has 4 aromatic rings. The summed E-state index contributed by atoms with van der Waals surface area (Å²) in [5.74, 6) is -0.283. The molecule has 11 heteroatoms. The van der Waals surface area contributed by atoms with Gasteiger partial charge in [0.15, 0.2) is 0 Å². The van der Waals surface area contributed by atoms with E-state index in [1.807, 2.05) is 79.7 Å². The number of fused-ring (bicyclic) bond motifs is 1. The largest absolute Gasteiger partial charge is 0.491 e. The van der Waals surface area contributed by atoms with Crippen molar-refractivity contribution in [3.05, 3.63) is 90.1 Å². The van der Waals surface area contributed by atoms with Crippen LogP contribution in [0.25, 0.3) is 21.9 Å². The molecule has 0 unspecified atom stereocenters. The fraction of sp³-hybridized carbons (Fsp3) is 0.415. The Hall–Kier alpha value is -5.00. The summed E-state index contributed by atoms with van der Waals surface area (Å²) in [6.07, 6.45) is 3.21. The second-order valence-corrected chi connectivity index (χ2v) is 13.9. The Kier molecular flexibility index (Phi) is 15.4. The van der Waals surface area contributed by atoms with E-state index in [2.05, 4.69) is 41.7 Å². The van der Waals surface area contributed by atoms with Crippen LogP contribution in [-0.4, -0.2) is 74.0 Å². The molecule has 0 aliphatic rings. The minimum Gasteiger partial charge on any atom is -0.491 e. The van der Waals surface area contributed by atoms with Crippen molar-refractivity contribution in [3.63, 3.8) is 0 Å². The summed E-state index contributed by atoms with van der Waals surface area (Å²) >= 11 is 0. The first-order chi connectivity index (χ1) is 25.0. The normalized spacial score (nSPS) is 11.9. The third kappa shape index (κ3) is 13.6. The predicted molar refractivity (Wildman–Crippen MR) is 203 cm³/mol. The van der Waals surface area contributed by atoms with Gasteiger partial charge in [0.05, 0.1) is 38.8 Å². The number of benzene rings is 3. The van der Waals surface area contributed by atoms with Crippen LogP contribution < -0.4 is 20.7 Å². The smallest absolute Gasteiger partial charge is 0.305 e. The van der Waals surface area contributed by atoms with Gasteiger partial charge in [0.2, 0.25) is 11.8 Å². The topological polar surface area (TPSA) is 148 Å². The monoisotopic (exact) mass is 712 g/mol. The Morgan fingerprint density at radius 2 is 1.56 bits per heavy atom. The fourth-order valence-corrected chi connectivity index (χ4v) is 5.49. The summed E-state index contributed by atoms with van der Waals surface area (Å²) in [5.41, 5.74) is 3.91. The number of amides is 2. The zero-order chi connectivity index (χ0) is 37.3. The van der Waals surface area contributed by atoms with E-state index in [9.17, 15) is 19.5 Å². The Labute approximate surface area is 306 Å². The first-order valence-electron chi connectivity index (χ1n) is 17.8. The van der Waals surface area contributed by atoms with Gasteiger partial charge in [-0.3, -0.25) is 14.4 Å². The molecule has 3 aromatic carbocycles. The second kappa shape index (κ2) is 20.1. The number of carbonyl (C=O) groups is 3. The molecular formula is C41H52N4O7. The van der Waals surface area contributed by atoms with E-state index >= 15 is 0 Å². The predicted octanol–water partition coefficient (Wildman–Crippen LogP) is 6.70. The summed E-state index contributed by atoms with van der Waals surface area (Å²) in [6, 6.07) is 22.5. The van der Waals surface area contributed by atoms with Crippen LogP contribution in [0, 0.1) is 12.3 Å². The van der Waals surface area contributed by atoms with Gasteiger partial charge in [-0.25, -0.2) is 4.98 Å². The molecule has 0 saturated heterocycles. The minimum atomic E-state index is -1.05. The van der Waals surface area contributed by atoms with Crippen molar-refractivity contribution in [2.75, 3.05) is 51.4 Å². The van der Waals surface area contributed by atoms with Crippen LogP contribution in [-0.2, 0) is 23.9 Å². The Bertz CT molecular complexity index is 1750. The fourth-order valence-electron chi connectivity index (χ4n) is 5.49. The number of rotatable bonds is 21. The maximum absolute atomic E-state index is 12.8. The van der Waals surface area contributed by atoms with E-state index < -0.39 is 17.9 Å². The van der Waals surface area contributed by atoms with Gasteiger partial charge in [-0.05, 0) is 71.0 Å². The molecule has 0 bridgehead atoms. The van der Waals surface area contributed by atoms with E-state index in [0.29, 0.717) is 45.0 Å². The number of carboxylic acids is 1. The second-order valence-electron chi connectivity index (χ2n) is 13.9. The molecule has 0 saturated carbocycles. The molecule has 0 radical (unpaired) electrons. The van der Waals surface area contributed by atoms with Gasteiger partial charge in [-0.2, -0.15) is 0 Å². The number of ether oxygens (including phenoxy) is 3. The van der Waals surface area contributed by atoms with Crippen molar-refractivity contribution in [1.82, 2.24) is 15.6 Å². The van der Waals surface area contributed by atoms with Gasteiger partial charge in [0.25, 0.3) is 0 Å². The minimum absolute atomic E-state index is 0.232. The highest BCUT2D eigenvalue weighted by Crippen LogP contribution is 2.35. The number of aromatic nitrogens is 1. The molecule has 1 atom stereocenters. The number of carbonyl (C=O) groups excluding carboxylic acids is 2. The van der Waals surface area contributed by atoms with Crippen LogP contribution in [0.3, 0.4) is 0 Å². The Balaban J connectivity index is 1.27. The molecule has 2 amide bonds. The number of pyridine rings is 1. The number of anilines is 1. The van der Waals surface area contributed by atoms with Crippen LogP contribution in [0.1, 0.15) is 63.6 Å². The average molecular weight is 713 g/mol. The highest BCUT2D eigenvalue weighted by atomic mass is 16.5. The summed E-state index contributed by atoms with van der Waals surface area (Å²) in [5, 5.41) is 20.1. The van der Waals surface area contributed by atoms with Gasteiger partial charge < -0.3 is 35.3 Å². The SMILES string of the molecule is Cc1ccnc(NCCCC(=O)NCC(=O)N[C@H](CC(=O)O)c2ccc(-c3ccc(OCCOCCOCCC(C)(C)C)c4ccccc34)cc2)c1. The summed E-state index contributed by atoms with van der Waals surface area (Å²) < 4.78 is 17.4. The number of aliphatic carboxylic acids is 1. The van der Waals surface area contributed by atoms with E-state index in [4.69, 9.17) is 14.2 Å². The van der Waals surface area contributed by atoms with Crippen LogP contribution in [0.5, 0.6) is 5.75 Å². The van der Waals surface area contributed by atoms with Gasteiger partial charge in [0, 0.05) is 31.2 Å². The number of aryl methyl sites for hydroxylation is 1. The average Bonchev–Trinajstić information content (AvgIpc) is 3.11. The lowest BCUT2D eigenvalue weighted by Gasteiger charge is -2.19. The van der Waals surface area contributed by atoms with Gasteiger partial charge >= 0.3 is 5.97 Å². The standard InChI is InChI=1S/C41H52N4O7/c1-29-17-20-43-37(26-29)42-19-7-10-38(46)44-28-39(47)45-35(27-40(48)49)31-13-11-30(12-14-31)32-15-16-36(34-9-6-5-8-33(32)34)52-25-24-51-23-22-50-21-18-41(2,3)4/h5-6,8-9,11-17,20,26,35H,7,10,18-19,21-25,27-28H2,1-4H3,(H,42,43)(H,44,46)(H,45,47)(H,48,49)/t35-/m1/s1. The van der Waals surface area contributed by atoms with Crippen molar-refractivity contribution < 1.29 is 33.7 Å². The third-order valence-corrected chi connectivity index (χ3v) is 8.32. The van der Waals surface area contributed by atoms with Gasteiger partial charge in [0.1, 0.15) is 18.2 Å². The van der Waals surface area contributed by atoms with E-state index in [1.54, 1.807) is 6.20 Å². The molecule has 1 aromatic heterocycles. The van der Waals surface area contributed by atoms with Gasteiger partial charge in [-0.15, -0.1) is 0 Å². The van der Waals surface area contributed by atoms with Crippen molar-refractivity contribution >= 4 is 34.4 Å². The molecule has 11 nitrogen and oxygen atoms in total. The molecule has 0 fully saturated rings. The number of nitrogens with zero attached hydrogens (tertiary/aromatic N) is 1. The lowest BCUT2D eigenvalue weighted by molar-refractivity contribution is -0.138. The maximum Gasteiger partial charge on any atom is 0.305 e. The third-order valence-electron chi connectivity index (χ3n) is 8.32. The quantitative estimate of drug-likeness (QED) is 0.0693. The van der Waals surface area contributed by atoms with Gasteiger partial charge in [-0.1, -0.05) is 75.4 Å². The van der Waals surface area contributed by atoms with Crippen molar-refractivity contribution in [3.8, 4) is 16.9 Å². The number of nitrogens with one attached hydrogen (secondary N) is 3. The highest BCUT2D eigenvalue weighted by Gasteiger charge is 2.19. The number of hydrogen-bond acceptors (Lipinski definition) is 8. The zero-order valence-corrected chi connectivity index (χ0v) is 30.7. The maximum atomic E-state index is 12.8. The summed E-state index contributed by atoms with van der Waals surface area (Å²) in [4.78, 5) is 41.0. The Morgan fingerprint density at radius 3 is 2.27 bits per heavy atom. The molecule has 52 heavy (non-hydrogen) atoms. The lowest BCUT2D eigenvalue weighted by Crippen LogP contribution is -2.39. The molecule has 4 rings (SSSR count). The van der Waals surface area contributed by atoms with Crippen LogP contribution in [0.2, 0.25) is 0 Å². The summed E-state index contributed by atoms with van der Waals surface area (Å²) in [6.45, 7) is 11.5. The first-order valence-corrected chi connectivity index (χ1v) is 17.8. The number of carboxylic acid groups (broad SMARTS) is 1. The molecule has 0 spiro atoms. The van der Waals surface area contributed by atoms with Crippen LogP contribution in [0.4, 0.5) is 5.82 Å². The molecule has 1 heterocycles. The van der Waals surface area contributed by atoms with Crippen molar-refractivity contribution in [1.29, 1.82) is 0 Å². The highest BCUT2D eigenvalue weighted by molar-refractivity contribution is 6.00. The van der Waals surface area contributed by atoms with Crippen molar-refractivity contribution in [2.45, 2.75) is 59.4 Å². The number of hydrogen-bond donors (Lipinski definition) is 4. The van der Waals surface area contributed by atoms with Crippen LogP contribution in [0.15, 0.2) is 79.0 Å². The molecule has 0 aliphatic heterocycles. The Morgan fingerprint density at radius 1 is 0.846 bits per heavy atom. The van der Waals surface area contributed by atoms with Crippen molar-refractivity contribution in [2.24, 2.45) is 5.41 Å². The molecule has 278 valence electrons. The van der Waals surface area contributed by atoms with Crippen LogP contribution >= 0.6 is 0 Å². The first kappa shape index (κ1) is 39.8. The van der Waals surface area contributed by atoms with E-state index in [-0.39, 0.29) is 30.7 Å². The van der Waals surface area contributed by atoms with E-state index in [1.165, 1.54) is 0 Å². The molecular weight excluding hydrogens is 660 g/mol. The lowest BCUT2D eigenvalue weighted by atomic mass is 9.93. The van der Waals surface area contributed by atoms with E-state index in [0.717, 1.165) is 52.1 Å². The zero-order valence-electron chi connectivity index (χ0n) is 30.7. The molecule has 4 N–H and O–H groups in total. The summed E-state index contributed by atoms with van der Waals surface area (Å²) in [7, 11) is 0. The molecule has 0 aliphatic carbocycles.